The topological polar surface area (TPSA) is 52.1 Å². The lowest BCUT2D eigenvalue weighted by atomic mass is 10.2. The van der Waals surface area contributed by atoms with Gasteiger partial charge in [0, 0.05) is 5.39 Å². The predicted octanol–water partition coefficient (Wildman–Crippen LogP) is 3.38. The molecule has 2 rings (SSSR count). The van der Waals surface area contributed by atoms with Crippen LogP contribution in [0.1, 0.15) is 10.5 Å². The van der Waals surface area contributed by atoms with Gasteiger partial charge in [0.15, 0.2) is 10.8 Å². The van der Waals surface area contributed by atoms with Crippen LogP contribution in [0, 0.1) is 0 Å². The van der Waals surface area contributed by atoms with Crippen LogP contribution in [0.3, 0.4) is 0 Å². The smallest absolute Gasteiger partial charge is 0.356 e. The molecule has 0 aromatic carbocycles. The third-order valence-electron chi connectivity index (χ3n) is 2.07. The lowest BCUT2D eigenvalue weighted by Crippen LogP contribution is -2.04. The summed E-state index contributed by atoms with van der Waals surface area (Å²) in [6, 6.07) is 2.92. The molecule has 0 atom stereocenters. The van der Waals surface area contributed by atoms with E-state index in [0.29, 0.717) is 15.9 Å². The van der Waals surface area contributed by atoms with Crippen LogP contribution < -0.4 is 0 Å². The summed E-state index contributed by atoms with van der Waals surface area (Å²) in [6.07, 6.45) is 0. The average molecular weight is 292 g/mol. The number of carbonyl (C=O) groups excluding carboxylic acids is 1. The Morgan fingerprint density at radius 3 is 2.59 bits per heavy atom. The highest BCUT2D eigenvalue weighted by Gasteiger charge is 2.14. The lowest BCUT2D eigenvalue weighted by Gasteiger charge is -2.05. The average Bonchev–Trinajstić information content (AvgIpc) is 2.29. The quantitative estimate of drug-likeness (QED) is 0.597. The molecule has 0 amide bonds. The zero-order valence-corrected chi connectivity index (χ0v) is 10.8. The maximum Gasteiger partial charge on any atom is 0.356 e. The maximum atomic E-state index is 11.4. The molecule has 2 aromatic heterocycles. The molecule has 0 fully saturated rings. The van der Waals surface area contributed by atoms with Gasteiger partial charge in [0.25, 0.3) is 0 Å². The van der Waals surface area contributed by atoms with E-state index in [2.05, 4.69) is 14.7 Å². The van der Waals surface area contributed by atoms with Crippen molar-refractivity contribution in [2.24, 2.45) is 0 Å². The first kappa shape index (κ1) is 12.4. The number of hydrogen-bond donors (Lipinski definition) is 0. The fourth-order valence-corrected chi connectivity index (χ4v) is 2.06. The van der Waals surface area contributed by atoms with Crippen molar-refractivity contribution in [2.45, 2.75) is 0 Å². The number of hydrogen-bond acceptors (Lipinski definition) is 4. The summed E-state index contributed by atoms with van der Waals surface area (Å²) in [5.41, 5.74) is 0.410. The first-order chi connectivity index (χ1) is 8.02. The fraction of sp³-hybridized carbons (Fsp3) is 0.100. The molecule has 7 heteroatoms. The van der Waals surface area contributed by atoms with Crippen molar-refractivity contribution >= 4 is 51.7 Å². The highest BCUT2D eigenvalue weighted by molar-refractivity contribution is 6.40. The van der Waals surface area contributed by atoms with Crippen LogP contribution in [0.25, 0.3) is 10.9 Å². The van der Waals surface area contributed by atoms with E-state index < -0.39 is 5.97 Å². The van der Waals surface area contributed by atoms with Crippen LogP contribution >= 0.6 is 34.8 Å². The molecule has 0 saturated carbocycles. The van der Waals surface area contributed by atoms with Crippen molar-refractivity contribution < 1.29 is 9.53 Å². The second-order valence-corrected chi connectivity index (χ2v) is 4.27. The second-order valence-electron chi connectivity index (χ2n) is 3.11. The van der Waals surface area contributed by atoms with Gasteiger partial charge in [-0.15, -0.1) is 0 Å². The number of ether oxygens (including phenoxy) is 1. The first-order valence-corrected chi connectivity index (χ1v) is 5.57. The van der Waals surface area contributed by atoms with Gasteiger partial charge < -0.3 is 4.74 Å². The minimum absolute atomic E-state index is 0.0484. The molecule has 0 spiro atoms. The van der Waals surface area contributed by atoms with Crippen molar-refractivity contribution in [2.75, 3.05) is 7.11 Å². The van der Waals surface area contributed by atoms with Crippen LogP contribution in [0.2, 0.25) is 15.3 Å². The summed E-state index contributed by atoms with van der Waals surface area (Å²) in [6.45, 7) is 0. The first-order valence-electron chi connectivity index (χ1n) is 4.43. The van der Waals surface area contributed by atoms with Gasteiger partial charge in [0.1, 0.15) is 10.7 Å². The lowest BCUT2D eigenvalue weighted by molar-refractivity contribution is 0.0594. The molecule has 0 N–H and O–H groups in total. The van der Waals surface area contributed by atoms with E-state index in [0.717, 1.165) is 0 Å². The van der Waals surface area contributed by atoms with Gasteiger partial charge in [0.2, 0.25) is 0 Å². The third kappa shape index (κ3) is 2.29. The number of methoxy groups -OCH3 is 1. The highest BCUT2D eigenvalue weighted by Crippen LogP contribution is 2.29. The Morgan fingerprint density at radius 1 is 1.24 bits per heavy atom. The number of nitrogens with zero attached hydrogens (tertiary/aromatic N) is 2. The number of esters is 1. The summed E-state index contributed by atoms with van der Waals surface area (Å²) in [7, 11) is 1.25. The van der Waals surface area contributed by atoms with E-state index in [1.165, 1.54) is 19.2 Å². The van der Waals surface area contributed by atoms with Gasteiger partial charge in [-0.2, -0.15) is 0 Å². The molecule has 4 nitrogen and oxygen atoms in total. The molecule has 0 aliphatic rings. The SMILES string of the molecule is COC(=O)c1cc2c(Cl)cc(Cl)nc2c(Cl)n1. The number of rotatable bonds is 1. The highest BCUT2D eigenvalue weighted by atomic mass is 35.5. The standard InChI is InChI=1S/C10H5Cl3N2O2/c1-17-10(16)6-2-4-5(11)3-7(12)15-8(4)9(13)14-6/h2-3H,1H3. The Hall–Kier alpha value is -1.10. The van der Waals surface area contributed by atoms with Gasteiger partial charge in [-0.1, -0.05) is 34.8 Å². The summed E-state index contributed by atoms with van der Waals surface area (Å²) in [4.78, 5) is 19.2. The van der Waals surface area contributed by atoms with Crippen LogP contribution in [0.4, 0.5) is 0 Å². The molecule has 17 heavy (non-hydrogen) atoms. The van der Waals surface area contributed by atoms with Crippen LogP contribution in [-0.4, -0.2) is 23.0 Å². The molecule has 88 valence electrons. The molecule has 0 saturated heterocycles. The Labute approximate surface area is 111 Å². The number of carbonyl (C=O) groups is 1. The Kier molecular flexibility index (Phi) is 3.38. The predicted molar refractivity (Wildman–Crippen MR) is 65.9 cm³/mol. The molecular formula is C10H5Cl3N2O2. The van der Waals surface area contributed by atoms with Crippen molar-refractivity contribution in [3.8, 4) is 0 Å². The van der Waals surface area contributed by atoms with Gasteiger partial charge in [-0.3, -0.25) is 0 Å². The van der Waals surface area contributed by atoms with Gasteiger partial charge in [0.05, 0.1) is 12.1 Å². The largest absolute Gasteiger partial charge is 0.464 e. The zero-order chi connectivity index (χ0) is 12.6. The number of fused-ring (bicyclic) bond motifs is 1. The second kappa shape index (κ2) is 4.64. The molecule has 2 aromatic rings. The minimum atomic E-state index is -0.597. The third-order valence-corrected chi connectivity index (χ3v) is 2.84. The van der Waals surface area contributed by atoms with Gasteiger partial charge >= 0.3 is 5.97 Å². The van der Waals surface area contributed by atoms with E-state index in [1.54, 1.807) is 0 Å². The summed E-state index contributed by atoms with van der Waals surface area (Å²) >= 11 is 17.7. The number of aromatic nitrogens is 2. The molecule has 0 aliphatic carbocycles. The Morgan fingerprint density at radius 2 is 1.94 bits per heavy atom. The normalized spacial score (nSPS) is 10.6. The van der Waals surface area contributed by atoms with E-state index in [9.17, 15) is 4.79 Å². The monoisotopic (exact) mass is 290 g/mol. The van der Waals surface area contributed by atoms with Crippen molar-refractivity contribution in [1.29, 1.82) is 0 Å². The Balaban J connectivity index is 2.77. The van der Waals surface area contributed by atoms with E-state index in [-0.39, 0.29) is 16.0 Å². The zero-order valence-electron chi connectivity index (χ0n) is 8.50. The molecule has 0 aliphatic heterocycles. The summed E-state index contributed by atoms with van der Waals surface area (Å²) < 4.78 is 4.55. The minimum Gasteiger partial charge on any atom is -0.464 e. The number of halogens is 3. The summed E-state index contributed by atoms with van der Waals surface area (Å²) in [5.74, 6) is -0.597. The molecule has 0 bridgehead atoms. The summed E-state index contributed by atoms with van der Waals surface area (Å²) in [5, 5.41) is 1.09. The van der Waals surface area contributed by atoms with Crippen molar-refractivity contribution in [1.82, 2.24) is 9.97 Å². The van der Waals surface area contributed by atoms with Gasteiger partial charge in [-0.05, 0) is 12.1 Å². The number of pyridine rings is 2. The van der Waals surface area contributed by atoms with Crippen LogP contribution in [-0.2, 0) is 4.74 Å². The van der Waals surface area contributed by atoms with E-state index >= 15 is 0 Å². The van der Waals surface area contributed by atoms with Crippen LogP contribution in [0.5, 0.6) is 0 Å². The van der Waals surface area contributed by atoms with E-state index in [1.807, 2.05) is 0 Å². The van der Waals surface area contributed by atoms with Crippen molar-refractivity contribution in [3.63, 3.8) is 0 Å². The molecular weight excluding hydrogens is 286 g/mol. The molecule has 0 radical (unpaired) electrons. The maximum absolute atomic E-state index is 11.4. The Bertz CT molecular complexity index is 616. The van der Waals surface area contributed by atoms with Crippen LogP contribution in [0.15, 0.2) is 12.1 Å². The van der Waals surface area contributed by atoms with E-state index in [4.69, 9.17) is 34.8 Å². The molecule has 0 unspecified atom stereocenters. The van der Waals surface area contributed by atoms with Crippen molar-refractivity contribution in [3.05, 3.63) is 33.2 Å². The fourth-order valence-electron chi connectivity index (χ4n) is 1.33. The molecule has 2 heterocycles. The van der Waals surface area contributed by atoms with Gasteiger partial charge in [-0.25, -0.2) is 14.8 Å².